The summed E-state index contributed by atoms with van der Waals surface area (Å²) in [5, 5.41) is 12.0. The smallest absolute Gasteiger partial charge is 0.216 e. The number of furan rings is 1. The highest BCUT2D eigenvalue weighted by Gasteiger charge is 2.36. The second-order valence-electron chi connectivity index (χ2n) is 10.4. The monoisotopic (exact) mass is 509 g/mol. The number of aromatic nitrogens is 1. The van der Waals surface area contributed by atoms with Crippen LogP contribution in [0.3, 0.4) is 0 Å². The number of pyridine rings is 1. The number of benzene rings is 4. The van der Waals surface area contributed by atoms with Gasteiger partial charge in [0.1, 0.15) is 18.2 Å². The summed E-state index contributed by atoms with van der Waals surface area (Å²) in [5.74, 6) is 0. The van der Waals surface area contributed by atoms with Crippen LogP contribution in [0.1, 0.15) is 40.2 Å². The summed E-state index contributed by atoms with van der Waals surface area (Å²) < 4.78 is 46.5. The normalized spacial score (nSPS) is 20.6. The zero-order valence-electron chi connectivity index (χ0n) is 26.0. The second-order valence-corrected chi connectivity index (χ2v) is 10.4. The van der Waals surface area contributed by atoms with E-state index in [4.69, 9.17) is 4.42 Å². The van der Waals surface area contributed by atoms with Gasteiger partial charge in [0.2, 0.25) is 5.69 Å². The van der Waals surface area contributed by atoms with Crippen LogP contribution in [-0.4, -0.2) is 0 Å². The van der Waals surface area contributed by atoms with E-state index in [0.29, 0.717) is 33.4 Å². The fourth-order valence-electron chi connectivity index (χ4n) is 5.93. The van der Waals surface area contributed by atoms with Crippen LogP contribution in [0.2, 0.25) is 0 Å². The molecule has 1 unspecified atom stereocenters. The third kappa shape index (κ3) is 3.52. The number of hydrogen-bond donors (Lipinski definition) is 0. The van der Waals surface area contributed by atoms with Gasteiger partial charge >= 0.3 is 0 Å². The van der Waals surface area contributed by atoms with Crippen LogP contribution in [-0.2, 0) is 25.2 Å². The molecule has 3 heteroatoms. The lowest BCUT2D eigenvalue weighted by atomic mass is 9.79. The summed E-state index contributed by atoms with van der Waals surface area (Å²) in [5.41, 5.74) is 5.01. The van der Waals surface area contributed by atoms with E-state index >= 15 is 0 Å². The van der Waals surface area contributed by atoms with Gasteiger partial charge in [-0.15, -0.1) is 0 Å². The molecule has 39 heavy (non-hydrogen) atoms. The number of rotatable bonds is 3. The molecule has 0 fully saturated rings. The predicted molar refractivity (Wildman–Crippen MR) is 156 cm³/mol. The molecule has 0 N–H and O–H groups in total. The quantitative estimate of drug-likeness (QED) is 0.227. The van der Waals surface area contributed by atoms with Gasteiger partial charge < -0.3 is 4.42 Å². The minimum absolute atomic E-state index is 0.252. The highest BCUT2D eigenvalue weighted by Crippen LogP contribution is 2.47. The topological polar surface area (TPSA) is 40.8 Å². The van der Waals surface area contributed by atoms with Gasteiger partial charge in [-0.25, -0.2) is 4.57 Å². The molecule has 188 valence electrons. The molecule has 0 bridgehead atoms. The minimum atomic E-state index is -2.12. The molecule has 1 atom stereocenters. The lowest BCUT2D eigenvalue weighted by Gasteiger charge is -2.24. The fraction of sp³-hybridized carbons (Fsp3) is 0.167. The third-order valence-electron chi connectivity index (χ3n) is 7.89. The Bertz CT molecular complexity index is 2140. The highest BCUT2D eigenvalue weighted by molar-refractivity contribution is 6.14. The van der Waals surface area contributed by atoms with Crippen LogP contribution >= 0.6 is 0 Å². The minimum Gasteiger partial charge on any atom is -0.454 e. The lowest BCUT2D eigenvalue weighted by molar-refractivity contribution is -0.660. The molecule has 0 saturated heterocycles. The van der Waals surface area contributed by atoms with Crippen molar-refractivity contribution in [2.45, 2.75) is 32.0 Å². The molecule has 0 radical (unpaired) electrons. The summed E-state index contributed by atoms with van der Waals surface area (Å²) in [4.78, 5) is 0. The molecule has 7 rings (SSSR count). The van der Waals surface area contributed by atoms with Gasteiger partial charge in [-0.3, -0.25) is 0 Å². The SMILES string of the molecule is [2H]C1([2H])c2cccc(-c3c(C#N)ccc4c3oc3c(-c5cccc[n+]5C)c(C)ccc34)c2C([2H])([2H])C1(C)c1ccccc1. The van der Waals surface area contributed by atoms with E-state index in [1.54, 1.807) is 43.3 Å². The molecule has 0 spiro atoms. The van der Waals surface area contributed by atoms with Crippen LogP contribution in [0.4, 0.5) is 0 Å². The van der Waals surface area contributed by atoms with Crippen LogP contribution in [0.25, 0.3) is 44.3 Å². The molecule has 3 nitrogen and oxygen atoms in total. The molecule has 4 aromatic carbocycles. The first kappa shape index (κ1) is 19.4. The van der Waals surface area contributed by atoms with Crippen molar-refractivity contribution in [2.24, 2.45) is 7.05 Å². The van der Waals surface area contributed by atoms with Gasteiger partial charge in [0.15, 0.2) is 6.20 Å². The van der Waals surface area contributed by atoms with Crippen molar-refractivity contribution in [3.8, 4) is 28.5 Å². The number of hydrogen-bond acceptors (Lipinski definition) is 2. The average Bonchev–Trinajstić information content (AvgIpc) is 3.43. The molecule has 1 aliphatic rings. The molecular weight excluding hydrogens is 476 g/mol. The van der Waals surface area contributed by atoms with E-state index in [1.807, 2.05) is 73.3 Å². The van der Waals surface area contributed by atoms with Gasteiger partial charge in [-0.05, 0) is 65.7 Å². The van der Waals surface area contributed by atoms with E-state index in [9.17, 15) is 10.7 Å². The summed E-state index contributed by atoms with van der Waals surface area (Å²) in [6.45, 7) is 3.70. The van der Waals surface area contributed by atoms with Crippen LogP contribution < -0.4 is 4.57 Å². The first-order valence-electron chi connectivity index (χ1n) is 15.1. The summed E-state index contributed by atoms with van der Waals surface area (Å²) in [6, 6.07) is 30.3. The van der Waals surface area contributed by atoms with Gasteiger partial charge in [0.05, 0.1) is 17.2 Å². The molecular formula is C36H29N2O+. The summed E-state index contributed by atoms with van der Waals surface area (Å²) >= 11 is 0. The van der Waals surface area contributed by atoms with E-state index in [1.165, 1.54) is 0 Å². The van der Waals surface area contributed by atoms with Gasteiger partial charge in [0.25, 0.3) is 0 Å². The fourth-order valence-corrected chi connectivity index (χ4v) is 5.93. The Balaban J connectivity index is 1.58. The Morgan fingerprint density at radius 2 is 1.59 bits per heavy atom. The first-order chi connectivity index (χ1) is 20.5. The lowest BCUT2D eigenvalue weighted by Crippen LogP contribution is -2.30. The van der Waals surface area contributed by atoms with Gasteiger partial charge in [0, 0.05) is 39.4 Å². The maximum absolute atomic E-state index is 10.3. The summed E-state index contributed by atoms with van der Waals surface area (Å²) in [6.07, 6.45) is -2.17. The third-order valence-corrected chi connectivity index (χ3v) is 7.89. The van der Waals surface area contributed by atoms with Crippen molar-refractivity contribution < 1.29 is 14.5 Å². The zero-order valence-corrected chi connectivity index (χ0v) is 22.0. The largest absolute Gasteiger partial charge is 0.454 e. The molecule has 6 aromatic rings. The predicted octanol–water partition coefficient (Wildman–Crippen LogP) is 7.98. The molecule has 0 saturated carbocycles. The number of nitrogens with zero attached hydrogens (tertiary/aromatic N) is 2. The maximum atomic E-state index is 10.3. The molecule has 0 aliphatic heterocycles. The van der Waals surface area contributed by atoms with E-state index < -0.39 is 18.2 Å². The van der Waals surface area contributed by atoms with Crippen LogP contribution in [0.15, 0.2) is 102 Å². The van der Waals surface area contributed by atoms with E-state index in [-0.39, 0.29) is 11.1 Å². The molecule has 2 heterocycles. The zero-order chi connectivity index (χ0) is 30.3. The summed E-state index contributed by atoms with van der Waals surface area (Å²) in [7, 11) is 1.99. The van der Waals surface area contributed by atoms with Gasteiger partial charge in [-0.2, -0.15) is 5.26 Å². The van der Waals surface area contributed by atoms with Crippen molar-refractivity contribution in [3.05, 3.63) is 125 Å². The van der Waals surface area contributed by atoms with Crippen molar-refractivity contribution in [1.82, 2.24) is 0 Å². The second kappa shape index (κ2) is 8.68. The van der Waals surface area contributed by atoms with Crippen LogP contribution in [0, 0.1) is 18.3 Å². The Labute approximate surface area is 234 Å². The Morgan fingerprint density at radius 1 is 0.846 bits per heavy atom. The Hall–Kier alpha value is -4.68. The Morgan fingerprint density at radius 3 is 2.36 bits per heavy atom. The number of fused-ring (bicyclic) bond motifs is 4. The molecule has 2 aromatic heterocycles. The van der Waals surface area contributed by atoms with Crippen molar-refractivity contribution in [1.29, 1.82) is 5.26 Å². The van der Waals surface area contributed by atoms with Crippen molar-refractivity contribution in [3.63, 3.8) is 0 Å². The van der Waals surface area contributed by atoms with Crippen molar-refractivity contribution in [2.75, 3.05) is 0 Å². The first-order valence-corrected chi connectivity index (χ1v) is 13.1. The number of nitriles is 1. The van der Waals surface area contributed by atoms with Crippen LogP contribution in [0.5, 0.6) is 0 Å². The van der Waals surface area contributed by atoms with Crippen molar-refractivity contribution >= 4 is 21.9 Å². The van der Waals surface area contributed by atoms with Gasteiger partial charge in [-0.1, -0.05) is 67.6 Å². The Kier molecular flexibility index (Phi) is 4.32. The average molecular weight is 510 g/mol. The molecule has 0 amide bonds. The highest BCUT2D eigenvalue weighted by atomic mass is 16.3. The molecule has 1 aliphatic carbocycles. The number of aryl methyl sites for hydroxylation is 2. The van der Waals surface area contributed by atoms with E-state index in [0.717, 1.165) is 27.6 Å². The maximum Gasteiger partial charge on any atom is 0.216 e. The standard InChI is InChI=1S/C36H29N2O/c1-23-15-17-28-29-18-16-25(22-37)33(35(29)39-34(28)32(23)31-14-7-8-19-38(31)3)27-13-9-10-24-20-36(2,21-30(24)27)26-11-5-4-6-12-26/h4-19H,20-21H2,1-3H3/q+1/i20D2,21D2. The van der Waals surface area contributed by atoms with E-state index in [2.05, 4.69) is 12.1 Å².